The lowest BCUT2D eigenvalue weighted by Gasteiger charge is -2.45. The van der Waals surface area contributed by atoms with Crippen molar-refractivity contribution in [3.8, 4) is 5.75 Å². The molecule has 20 heavy (non-hydrogen) atoms. The van der Waals surface area contributed by atoms with Crippen LogP contribution in [0.1, 0.15) is 24.5 Å². The Bertz CT molecular complexity index is 516. The van der Waals surface area contributed by atoms with E-state index < -0.39 is 0 Å². The maximum atomic E-state index is 5.44. The van der Waals surface area contributed by atoms with Crippen LogP contribution >= 0.6 is 0 Å². The Morgan fingerprint density at radius 2 is 2.15 bits per heavy atom. The summed E-state index contributed by atoms with van der Waals surface area (Å²) in [4.78, 5) is 2.49. The number of benzene rings is 1. The molecule has 1 aliphatic carbocycles. The van der Waals surface area contributed by atoms with Crippen molar-refractivity contribution in [1.82, 2.24) is 10.2 Å². The van der Waals surface area contributed by atoms with Crippen LogP contribution in [0.3, 0.4) is 0 Å². The van der Waals surface area contributed by atoms with E-state index in [1.165, 1.54) is 24.1 Å². The first kappa shape index (κ1) is 13.9. The molecule has 0 spiro atoms. The van der Waals surface area contributed by atoms with E-state index in [9.17, 15) is 0 Å². The summed E-state index contributed by atoms with van der Waals surface area (Å²) >= 11 is 0. The minimum atomic E-state index is 0.188. The summed E-state index contributed by atoms with van der Waals surface area (Å²) in [6, 6.07) is 7.68. The molecule has 0 bridgehead atoms. The highest BCUT2D eigenvalue weighted by Crippen LogP contribution is 2.51. The van der Waals surface area contributed by atoms with E-state index in [0.29, 0.717) is 12.1 Å². The Labute approximate surface area is 122 Å². The summed E-state index contributed by atoms with van der Waals surface area (Å²) in [6.07, 6.45) is 1.27. The lowest BCUT2D eigenvalue weighted by atomic mass is 9.75. The van der Waals surface area contributed by atoms with Gasteiger partial charge in [-0.1, -0.05) is 13.0 Å². The smallest absolute Gasteiger partial charge is 0.119 e. The SMILES string of the molecule is CN[C@H]1C2C(CN2C)C[C@]1(C)c1cc(OC)ccc1C. The van der Waals surface area contributed by atoms with Crippen molar-refractivity contribution in [2.24, 2.45) is 5.92 Å². The van der Waals surface area contributed by atoms with Crippen molar-refractivity contribution in [3.05, 3.63) is 29.3 Å². The van der Waals surface area contributed by atoms with Gasteiger partial charge in [0.05, 0.1) is 7.11 Å². The number of aryl methyl sites for hydroxylation is 1. The largest absolute Gasteiger partial charge is 0.497 e. The molecular weight excluding hydrogens is 248 g/mol. The van der Waals surface area contributed by atoms with Gasteiger partial charge in [-0.05, 0) is 56.6 Å². The number of likely N-dealkylation sites (tertiary alicyclic amines) is 1. The van der Waals surface area contributed by atoms with Gasteiger partial charge >= 0.3 is 0 Å². The molecule has 3 rings (SSSR count). The average molecular weight is 274 g/mol. The van der Waals surface area contributed by atoms with Crippen molar-refractivity contribution < 1.29 is 4.74 Å². The van der Waals surface area contributed by atoms with Gasteiger partial charge < -0.3 is 15.0 Å². The fourth-order valence-corrected chi connectivity index (χ4v) is 4.69. The minimum Gasteiger partial charge on any atom is -0.497 e. The first-order valence-corrected chi connectivity index (χ1v) is 7.54. The highest BCUT2D eigenvalue weighted by molar-refractivity contribution is 5.43. The quantitative estimate of drug-likeness (QED) is 0.914. The molecule has 1 aromatic carbocycles. The predicted molar refractivity (Wildman–Crippen MR) is 82.5 cm³/mol. The summed E-state index contributed by atoms with van der Waals surface area (Å²) in [6.45, 7) is 5.88. The van der Waals surface area contributed by atoms with Crippen LogP contribution < -0.4 is 10.1 Å². The molecule has 3 heteroatoms. The second kappa shape index (κ2) is 4.74. The molecule has 110 valence electrons. The summed E-state index contributed by atoms with van der Waals surface area (Å²) < 4.78 is 5.44. The highest BCUT2D eigenvalue weighted by Gasteiger charge is 2.57. The normalized spacial score (nSPS) is 36.5. The molecule has 1 aliphatic heterocycles. The van der Waals surface area contributed by atoms with Crippen LogP contribution in [0, 0.1) is 12.8 Å². The molecule has 0 aromatic heterocycles. The van der Waals surface area contributed by atoms with Crippen LogP contribution in [0.25, 0.3) is 0 Å². The molecule has 1 saturated carbocycles. The Hall–Kier alpha value is -1.06. The molecule has 2 unspecified atom stereocenters. The van der Waals surface area contributed by atoms with E-state index in [4.69, 9.17) is 4.74 Å². The van der Waals surface area contributed by atoms with Crippen molar-refractivity contribution in [2.75, 3.05) is 27.7 Å². The topological polar surface area (TPSA) is 24.5 Å². The maximum Gasteiger partial charge on any atom is 0.119 e. The Morgan fingerprint density at radius 1 is 1.40 bits per heavy atom. The molecule has 3 nitrogen and oxygen atoms in total. The Morgan fingerprint density at radius 3 is 2.75 bits per heavy atom. The molecule has 2 aliphatic rings. The van der Waals surface area contributed by atoms with Gasteiger partial charge in [0.15, 0.2) is 0 Å². The maximum absolute atomic E-state index is 5.44. The van der Waals surface area contributed by atoms with Gasteiger partial charge in [-0.3, -0.25) is 0 Å². The molecule has 4 atom stereocenters. The zero-order valence-electron chi connectivity index (χ0n) is 13.2. The number of nitrogens with one attached hydrogen (secondary N) is 1. The van der Waals surface area contributed by atoms with Crippen LogP contribution in [0.4, 0.5) is 0 Å². The number of methoxy groups -OCH3 is 1. The molecule has 1 N–H and O–H groups in total. The predicted octanol–water partition coefficient (Wildman–Crippen LogP) is 2.18. The zero-order chi connectivity index (χ0) is 14.5. The average Bonchev–Trinajstić information content (AvgIpc) is 2.67. The summed E-state index contributed by atoms with van der Waals surface area (Å²) in [7, 11) is 6.10. The molecule has 0 amide bonds. The Balaban J connectivity index is 2.03. The van der Waals surface area contributed by atoms with Crippen LogP contribution in [0.5, 0.6) is 5.75 Å². The van der Waals surface area contributed by atoms with Gasteiger partial charge in [-0.2, -0.15) is 0 Å². The van der Waals surface area contributed by atoms with Gasteiger partial charge in [0, 0.05) is 24.0 Å². The summed E-state index contributed by atoms with van der Waals surface area (Å²) in [5, 5.41) is 3.60. The third-order valence-corrected chi connectivity index (χ3v) is 5.60. The van der Waals surface area contributed by atoms with Crippen molar-refractivity contribution in [1.29, 1.82) is 0 Å². The standard InChI is InChI=1S/C17H26N2O/c1-11-6-7-13(20-5)8-14(11)17(2)9-12-10-19(4)15(12)16(17)18-3/h6-8,12,15-16,18H,9-10H2,1-5H3/t12?,15?,16-,17+/m0/s1. The second-order valence-electron chi connectivity index (χ2n) is 6.76. The number of hydrogen-bond acceptors (Lipinski definition) is 3. The third-order valence-electron chi connectivity index (χ3n) is 5.60. The monoisotopic (exact) mass is 274 g/mol. The van der Waals surface area contributed by atoms with E-state index in [2.05, 4.69) is 56.4 Å². The number of rotatable bonds is 3. The zero-order valence-corrected chi connectivity index (χ0v) is 13.2. The minimum absolute atomic E-state index is 0.188. The first-order valence-electron chi connectivity index (χ1n) is 7.54. The van der Waals surface area contributed by atoms with E-state index >= 15 is 0 Å². The summed E-state index contributed by atoms with van der Waals surface area (Å²) in [5.41, 5.74) is 3.00. The van der Waals surface area contributed by atoms with E-state index in [1.807, 2.05) is 0 Å². The third kappa shape index (κ3) is 1.80. The van der Waals surface area contributed by atoms with Crippen LogP contribution in [0.15, 0.2) is 18.2 Å². The van der Waals surface area contributed by atoms with Gasteiger partial charge in [0.1, 0.15) is 5.75 Å². The molecule has 1 aromatic rings. The van der Waals surface area contributed by atoms with Crippen molar-refractivity contribution in [3.63, 3.8) is 0 Å². The molecule has 0 radical (unpaired) electrons. The number of ether oxygens (including phenoxy) is 1. The number of nitrogens with zero attached hydrogens (tertiary/aromatic N) is 1. The van der Waals surface area contributed by atoms with Crippen molar-refractivity contribution in [2.45, 2.75) is 37.8 Å². The van der Waals surface area contributed by atoms with Gasteiger partial charge in [-0.15, -0.1) is 0 Å². The van der Waals surface area contributed by atoms with Crippen LogP contribution in [0.2, 0.25) is 0 Å². The van der Waals surface area contributed by atoms with Gasteiger partial charge in [0.25, 0.3) is 0 Å². The molecular formula is C17H26N2O. The van der Waals surface area contributed by atoms with E-state index in [-0.39, 0.29) is 5.41 Å². The molecule has 1 saturated heterocycles. The van der Waals surface area contributed by atoms with Gasteiger partial charge in [0.2, 0.25) is 0 Å². The van der Waals surface area contributed by atoms with Crippen molar-refractivity contribution >= 4 is 0 Å². The number of hydrogen-bond donors (Lipinski definition) is 1. The number of fused-ring (bicyclic) bond motifs is 1. The van der Waals surface area contributed by atoms with E-state index in [1.54, 1.807) is 7.11 Å². The lowest BCUT2D eigenvalue weighted by Crippen LogP contribution is -2.60. The summed E-state index contributed by atoms with van der Waals surface area (Å²) in [5.74, 6) is 1.79. The molecule has 1 heterocycles. The fraction of sp³-hybridized carbons (Fsp3) is 0.647. The van der Waals surface area contributed by atoms with Crippen LogP contribution in [-0.2, 0) is 5.41 Å². The van der Waals surface area contributed by atoms with Gasteiger partial charge in [-0.25, -0.2) is 0 Å². The van der Waals surface area contributed by atoms with Crippen LogP contribution in [-0.4, -0.2) is 44.7 Å². The fourth-order valence-electron chi connectivity index (χ4n) is 4.69. The lowest BCUT2D eigenvalue weighted by molar-refractivity contribution is 0.0515. The van der Waals surface area contributed by atoms with E-state index in [0.717, 1.165) is 11.7 Å². The first-order chi connectivity index (χ1) is 9.51. The Kier molecular flexibility index (Phi) is 3.30. The highest BCUT2D eigenvalue weighted by atomic mass is 16.5. The molecule has 2 fully saturated rings. The number of likely N-dealkylation sites (N-methyl/N-ethyl adjacent to an activating group) is 2. The second-order valence-corrected chi connectivity index (χ2v) is 6.76.